The van der Waals surface area contributed by atoms with Crippen molar-refractivity contribution < 1.29 is 22.4 Å². The molecule has 2 heterocycles. The fourth-order valence-corrected chi connectivity index (χ4v) is 3.40. The Morgan fingerprint density at radius 3 is 2.61 bits per heavy atom. The van der Waals surface area contributed by atoms with Gasteiger partial charge in [0.15, 0.2) is 0 Å². The minimum absolute atomic E-state index is 0.00833. The van der Waals surface area contributed by atoms with Crippen LogP contribution in [0.4, 0.5) is 23.2 Å². The number of aromatic nitrogens is 1. The first-order valence-electron chi connectivity index (χ1n) is 9.04. The Labute approximate surface area is 160 Å². The monoisotopic (exact) mass is 395 g/mol. The van der Waals surface area contributed by atoms with Crippen molar-refractivity contribution in [3.63, 3.8) is 0 Å². The lowest BCUT2D eigenvalue weighted by Gasteiger charge is -2.29. The summed E-state index contributed by atoms with van der Waals surface area (Å²) in [6.45, 7) is 1.82. The molecule has 4 nitrogen and oxygen atoms in total. The van der Waals surface area contributed by atoms with Crippen LogP contribution < -0.4 is 5.32 Å². The molecule has 1 saturated heterocycles. The summed E-state index contributed by atoms with van der Waals surface area (Å²) in [6, 6.07) is 6.13. The molecule has 0 unspecified atom stereocenters. The number of anilines is 1. The fourth-order valence-electron chi connectivity index (χ4n) is 3.40. The van der Waals surface area contributed by atoms with Gasteiger partial charge in [-0.15, -0.1) is 0 Å². The van der Waals surface area contributed by atoms with Crippen LogP contribution in [0.15, 0.2) is 36.5 Å². The molecule has 1 aliphatic rings. The second-order valence-corrected chi connectivity index (χ2v) is 7.16. The second-order valence-electron chi connectivity index (χ2n) is 7.16. The zero-order valence-corrected chi connectivity index (χ0v) is 15.4. The number of hydrogen-bond acceptors (Lipinski definition) is 3. The summed E-state index contributed by atoms with van der Waals surface area (Å²) in [4.78, 5) is 17.8. The van der Waals surface area contributed by atoms with Crippen LogP contribution in [0.25, 0.3) is 0 Å². The molecule has 8 heteroatoms. The Morgan fingerprint density at radius 2 is 1.96 bits per heavy atom. The van der Waals surface area contributed by atoms with Gasteiger partial charge in [-0.3, -0.25) is 4.79 Å². The molecule has 1 amide bonds. The number of benzene rings is 1. The number of alkyl halides is 3. The van der Waals surface area contributed by atoms with E-state index in [-0.39, 0.29) is 11.3 Å². The quantitative estimate of drug-likeness (QED) is 0.618. The van der Waals surface area contributed by atoms with Crippen molar-refractivity contribution in [2.75, 3.05) is 25.5 Å². The van der Waals surface area contributed by atoms with E-state index in [1.54, 1.807) is 0 Å². The minimum Gasteiger partial charge on any atom is -0.322 e. The predicted octanol–water partition coefficient (Wildman–Crippen LogP) is 4.38. The van der Waals surface area contributed by atoms with E-state index in [0.717, 1.165) is 38.1 Å². The Kier molecular flexibility index (Phi) is 5.98. The topological polar surface area (TPSA) is 45.2 Å². The number of nitrogens with zero attached hydrogens (tertiary/aromatic N) is 2. The summed E-state index contributed by atoms with van der Waals surface area (Å²) in [5.41, 5.74) is -0.658. The second kappa shape index (κ2) is 8.26. The van der Waals surface area contributed by atoms with E-state index in [1.807, 2.05) is 7.05 Å². The lowest BCUT2D eigenvalue weighted by Crippen LogP contribution is -2.31. The lowest BCUT2D eigenvalue weighted by molar-refractivity contribution is -0.137. The van der Waals surface area contributed by atoms with E-state index in [2.05, 4.69) is 15.2 Å². The molecule has 3 rings (SSSR count). The van der Waals surface area contributed by atoms with Crippen LogP contribution in [-0.2, 0) is 12.6 Å². The number of pyridine rings is 1. The molecule has 0 radical (unpaired) electrons. The first kappa shape index (κ1) is 20.3. The molecule has 0 spiro atoms. The van der Waals surface area contributed by atoms with Gasteiger partial charge in [-0.05, 0) is 81.2 Å². The van der Waals surface area contributed by atoms with Crippen LogP contribution in [0, 0.1) is 11.9 Å². The van der Waals surface area contributed by atoms with Gasteiger partial charge in [0, 0.05) is 11.9 Å². The molecule has 1 aromatic carbocycles. The molecular weight excluding hydrogens is 374 g/mol. The van der Waals surface area contributed by atoms with Crippen molar-refractivity contribution >= 4 is 11.6 Å². The predicted molar refractivity (Wildman–Crippen MR) is 97.5 cm³/mol. The van der Waals surface area contributed by atoms with E-state index < -0.39 is 23.6 Å². The van der Waals surface area contributed by atoms with Crippen molar-refractivity contribution in [2.24, 2.45) is 5.92 Å². The van der Waals surface area contributed by atoms with E-state index in [1.165, 1.54) is 24.4 Å². The maximum absolute atomic E-state index is 13.7. The zero-order chi connectivity index (χ0) is 20.3. The molecule has 1 aromatic heterocycles. The summed E-state index contributed by atoms with van der Waals surface area (Å²) < 4.78 is 53.6. The molecule has 0 atom stereocenters. The molecule has 0 saturated carbocycles. The molecule has 1 N–H and O–H groups in total. The SMILES string of the molecule is CN1CCC(Cc2cc(NC(=O)c3cccnc3F)cc(C(F)(F)F)c2)CC1. The number of likely N-dealkylation sites (tertiary alicyclic amines) is 1. The van der Waals surface area contributed by atoms with Crippen LogP contribution in [-0.4, -0.2) is 35.9 Å². The van der Waals surface area contributed by atoms with Crippen LogP contribution in [0.3, 0.4) is 0 Å². The van der Waals surface area contributed by atoms with Crippen molar-refractivity contribution in [3.8, 4) is 0 Å². The van der Waals surface area contributed by atoms with E-state index in [4.69, 9.17) is 0 Å². The van der Waals surface area contributed by atoms with Crippen LogP contribution in [0.2, 0.25) is 0 Å². The number of carbonyl (C=O) groups excluding carboxylic acids is 1. The van der Waals surface area contributed by atoms with E-state index >= 15 is 0 Å². The lowest BCUT2D eigenvalue weighted by atomic mass is 9.89. The van der Waals surface area contributed by atoms with Gasteiger partial charge in [0.05, 0.1) is 11.1 Å². The largest absolute Gasteiger partial charge is 0.416 e. The first-order chi connectivity index (χ1) is 13.2. The highest BCUT2D eigenvalue weighted by atomic mass is 19.4. The number of hydrogen-bond donors (Lipinski definition) is 1. The fraction of sp³-hybridized carbons (Fsp3) is 0.400. The molecule has 0 bridgehead atoms. The van der Waals surface area contributed by atoms with Crippen molar-refractivity contribution in [1.29, 1.82) is 0 Å². The molecule has 28 heavy (non-hydrogen) atoms. The number of amides is 1. The van der Waals surface area contributed by atoms with E-state index in [9.17, 15) is 22.4 Å². The number of nitrogens with one attached hydrogen (secondary N) is 1. The number of rotatable bonds is 4. The van der Waals surface area contributed by atoms with Gasteiger partial charge in [0.2, 0.25) is 5.95 Å². The average molecular weight is 395 g/mol. The highest BCUT2D eigenvalue weighted by Crippen LogP contribution is 2.33. The van der Waals surface area contributed by atoms with Crippen LogP contribution in [0.1, 0.15) is 34.3 Å². The van der Waals surface area contributed by atoms with Crippen molar-refractivity contribution in [2.45, 2.75) is 25.4 Å². The summed E-state index contributed by atoms with van der Waals surface area (Å²) >= 11 is 0. The first-order valence-corrected chi connectivity index (χ1v) is 9.04. The molecule has 2 aromatic rings. The highest BCUT2D eigenvalue weighted by Gasteiger charge is 2.32. The molecule has 1 aliphatic heterocycles. The molecular formula is C20H21F4N3O. The van der Waals surface area contributed by atoms with Gasteiger partial charge in [-0.2, -0.15) is 17.6 Å². The summed E-state index contributed by atoms with van der Waals surface area (Å²) in [5, 5.41) is 2.37. The summed E-state index contributed by atoms with van der Waals surface area (Å²) in [6.07, 6.45) is -1.02. The number of halogens is 4. The van der Waals surface area contributed by atoms with Gasteiger partial charge in [-0.25, -0.2) is 4.98 Å². The third-order valence-corrected chi connectivity index (χ3v) is 4.94. The molecule has 150 valence electrons. The standard InChI is InChI=1S/C20H21F4N3O/c1-27-7-4-13(5-8-27)9-14-10-15(20(22,23)24)12-16(11-14)26-19(28)17-3-2-6-25-18(17)21/h2-3,6,10-13H,4-5,7-9H2,1H3,(H,26,28). The maximum Gasteiger partial charge on any atom is 0.416 e. The minimum atomic E-state index is -4.54. The Hall–Kier alpha value is -2.48. The average Bonchev–Trinajstić information content (AvgIpc) is 2.63. The maximum atomic E-state index is 13.7. The van der Waals surface area contributed by atoms with Gasteiger partial charge < -0.3 is 10.2 Å². The third-order valence-electron chi connectivity index (χ3n) is 4.94. The van der Waals surface area contributed by atoms with Gasteiger partial charge in [0.1, 0.15) is 0 Å². The zero-order valence-electron chi connectivity index (χ0n) is 15.4. The molecule has 0 aliphatic carbocycles. The van der Waals surface area contributed by atoms with Crippen molar-refractivity contribution in [3.05, 3.63) is 59.2 Å². The van der Waals surface area contributed by atoms with Crippen molar-refractivity contribution in [1.82, 2.24) is 9.88 Å². The van der Waals surface area contributed by atoms with Gasteiger partial charge >= 0.3 is 6.18 Å². The van der Waals surface area contributed by atoms with E-state index in [0.29, 0.717) is 17.9 Å². The molecule has 1 fully saturated rings. The number of piperidine rings is 1. The summed E-state index contributed by atoms with van der Waals surface area (Å²) in [5.74, 6) is -1.52. The highest BCUT2D eigenvalue weighted by molar-refractivity contribution is 6.04. The number of carbonyl (C=O) groups is 1. The smallest absolute Gasteiger partial charge is 0.322 e. The normalized spacial score (nSPS) is 16.2. The Bertz CT molecular complexity index is 846. The third kappa shape index (κ3) is 5.07. The Balaban J connectivity index is 1.83. The van der Waals surface area contributed by atoms with Gasteiger partial charge in [0.25, 0.3) is 5.91 Å². The Morgan fingerprint density at radius 1 is 1.25 bits per heavy atom. The van der Waals surface area contributed by atoms with Gasteiger partial charge in [-0.1, -0.05) is 0 Å². The van der Waals surface area contributed by atoms with Crippen LogP contribution in [0.5, 0.6) is 0 Å². The van der Waals surface area contributed by atoms with Crippen LogP contribution >= 0.6 is 0 Å². The summed E-state index contributed by atoms with van der Waals surface area (Å²) in [7, 11) is 2.02.